The van der Waals surface area contributed by atoms with Crippen molar-refractivity contribution in [3.63, 3.8) is 0 Å². The fourth-order valence-electron chi connectivity index (χ4n) is 1.75. The Morgan fingerprint density at radius 2 is 2.20 bits per heavy atom. The molecule has 1 aromatic carbocycles. The Morgan fingerprint density at radius 1 is 1.50 bits per heavy atom. The van der Waals surface area contributed by atoms with Crippen LogP contribution in [0.15, 0.2) is 24.3 Å². The van der Waals surface area contributed by atoms with Gasteiger partial charge in [0.25, 0.3) is 0 Å². The van der Waals surface area contributed by atoms with E-state index in [0.29, 0.717) is 13.1 Å². The predicted octanol–water partition coefficient (Wildman–Crippen LogP) is 1.66. The molecule has 4 nitrogen and oxygen atoms in total. The molecule has 0 fully saturated rings. The summed E-state index contributed by atoms with van der Waals surface area (Å²) >= 11 is 0. The van der Waals surface area contributed by atoms with Crippen molar-refractivity contribution < 1.29 is 9.53 Å². The summed E-state index contributed by atoms with van der Waals surface area (Å²) in [5, 5.41) is 3.21. The highest BCUT2D eigenvalue weighted by molar-refractivity contribution is 5.81. The molecule has 1 aromatic rings. The SMILES string of the molecule is C#CCOc1ccccc1CNC(C)C(=O)N(C)CC. The molecule has 0 spiro atoms. The molecule has 1 amide bonds. The summed E-state index contributed by atoms with van der Waals surface area (Å²) in [6, 6.07) is 7.43. The van der Waals surface area contributed by atoms with Crippen molar-refractivity contribution in [3.05, 3.63) is 29.8 Å². The van der Waals surface area contributed by atoms with E-state index in [9.17, 15) is 4.79 Å². The maximum absolute atomic E-state index is 12.0. The van der Waals surface area contributed by atoms with Crippen molar-refractivity contribution in [3.8, 4) is 18.1 Å². The van der Waals surface area contributed by atoms with Crippen LogP contribution in [0.5, 0.6) is 5.75 Å². The van der Waals surface area contributed by atoms with Crippen LogP contribution >= 0.6 is 0 Å². The van der Waals surface area contributed by atoms with Gasteiger partial charge in [0.05, 0.1) is 6.04 Å². The molecule has 0 radical (unpaired) electrons. The molecule has 0 aliphatic rings. The number of ether oxygens (including phenoxy) is 1. The van der Waals surface area contributed by atoms with Gasteiger partial charge < -0.3 is 15.0 Å². The first-order valence-corrected chi connectivity index (χ1v) is 6.72. The molecule has 108 valence electrons. The second-order valence-electron chi connectivity index (χ2n) is 4.56. The Labute approximate surface area is 121 Å². The Morgan fingerprint density at radius 3 is 2.85 bits per heavy atom. The third-order valence-electron chi connectivity index (χ3n) is 3.10. The van der Waals surface area contributed by atoms with E-state index in [2.05, 4.69) is 11.2 Å². The number of rotatable bonds is 7. The van der Waals surface area contributed by atoms with E-state index < -0.39 is 0 Å². The second-order valence-corrected chi connectivity index (χ2v) is 4.56. The fourth-order valence-corrected chi connectivity index (χ4v) is 1.75. The van der Waals surface area contributed by atoms with Crippen LogP contribution in [0.3, 0.4) is 0 Å². The van der Waals surface area contributed by atoms with Crippen LogP contribution in [0.1, 0.15) is 19.4 Å². The van der Waals surface area contributed by atoms with Gasteiger partial charge in [-0.1, -0.05) is 24.1 Å². The van der Waals surface area contributed by atoms with E-state index in [0.717, 1.165) is 11.3 Å². The smallest absolute Gasteiger partial charge is 0.239 e. The van der Waals surface area contributed by atoms with E-state index in [1.54, 1.807) is 11.9 Å². The normalized spacial score (nSPS) is 11.5. The van der Waals surface area contributed by atoms with Crippen molar-refractivity contribution in [2.75, 3.05) is 20.2 Å². The lowest BCUT2D eigenvalue weighted by molar-refractivity contribution is -0.131. The first kappa shape index (κ1) is 16.1. The molecule has 1 atom stereocenters. The topological polar surface area (TPSA) is 41.6 Å². The second kappa shape index (κ2) is 8.23. The van der Waals surface area contributed by atoms with Gasteiger partial charge in [0.2, 0.25) is 5.91 Å². The molecule has 0 aliphatic heterocycles. The zero-order chi connectivity index (χ0) is 15.0. The van der Waals surface area contributed by atoms with Crippen LogP contribution in [0.25, 0.3) is 0 Å². The number of terminal acetylenes is 1. The van der Waals surface area contributed by atoms with Crippen LogP contribution < -0.4 is 10.1 Å². The quantitative estimate of drug-likeness (QED) is 0.769. The van der Waals surface area contributed by atoms with Crippen LogP contribution in [0, 0.1) is 12.3 Å². The number of carbonyl (C=O) groups is 1. The third kappa shape index (κ3) is 4.60. The van der Waals surface area contributed by atoms with Gasteiger partial charge in [-0.25, -0.2) is 0 Å². The lowest BCUT2D eigenvalue weighted by atomic mass is 10.2. The first-order chi connectivity index (χ1) is 9.60. The lowest BCUT2D eigenvalue weighted by Gasteiger charge is -2.21. The zero-order valence-electron chi connectivity index (χ0n) is 12.3. The van der Waals surface area contributed by atoms with Crippen LogP contribution in [-0.2, 0) is 11.3 Å². The maximum Gasteiger partial charge on any atom is 0.239 e. The molecule has 4 heteroatoms. The number of amides is 1. The van der Waals surface area contributed by atoms with Gasteiger partial charge in [-0.15, -0.1) is 6.42 Å². The molecule has 20 heavy (non-hydrogen) atoms. The lowest BCUT2D eigenvalue weighted by Crippen LogP contribution is -2.42. The predicted molar refractivity (Wildman–Crippen MR) is 80.4 cm³/mol. The molecule has 1 rings (SSSR count). The maximum atomic E-state index is 12.0. The number of nitrogens with one attached hydrogen (secondary N) is 1. The minimum atomic E-state index is -0.236. The van der Waals surface area contributed by atoms with Crippen LogP contribution in [-0.4, -0.2) is 37.0 Å². The monoisotopic (exact) mass is 274 g/mol. The molecular formula is C16H22N2O2. The van der Waals surface area contributed by atoms with Gasteiger partial charge in [0, 0.05) is 25.7 Å². The van der Waals surface area contributed by atoms with Gasteiger partial charge >= 0.3 is 0 Å². The highest BCUT2D eigenvalue weighted by atomic mass is 16.5. The number of hydrogen-bond donors (Lipinski definition) is 1. The number of carbonyl (C=O) groups excluding carboxylic acids is 1. The average molecular weight is 274 g/mol. The summed E-state index contributed by atoms with van der Waals surface area (Å²) in [5.41, 5.74) is 0.988. The molecule has 0 saturated carbocycles. The van der Waals surface area contributed by atoms with Crippen LogP contribution in [0.2, 0.25) is 0 Å². The molecule has 1 unspecified atom stereocenters. The van der Waals surface area contributed by atoms with E-state index in [4.69, 9.17) is 11.2 Å². The molecule has 0 heterocycles. The zero-order valence-corrected chi connectivity index (χ0v) is 12.3. The molecule has 0 aromatic heterocycles. The largest absolute Gasteiger partial charge is 0.481 e. The standard InChI is InChI=1S/C16H22N2O2/c1-5-11-20-15-10-8-7-9-14(15)12-17-13(3)16(19)18(4)6-2/h1,7-10,13,17H,6,11-12H2,2-4H3. The summed E-state index contributed by atoms with van der Waals surface area (Å²) in [4.78, 5) is 13.7. The first-order valence-electron chi connectivity index (χ1n) is 6.72. The highest BCUT2D eigenvalue weighted by Gasteiger charge is 2.16. The fraction of sp³-hybridized carbons (Fsp3) is 0.438. The molecule has 0 aliphatic carbocycles. The molecule has 1 N–H and O–H groups in total. The van der Waals surface area contributed by atoms with E-state index >= 15 is 0 Å². The number of likely N-dealkylation sites (N-methyl/N-ethyl adjacent to an activating group) is 1. The molecular weight excluding hydrogens is 252 g/mol. The van der Waals surface area contributed by atoms with Crippen LogP contribution in [0.4, 0.5) is 0 Å². The summed E-state index contributed by atoms with van der Waals surface area (Å²) in [6.07, 6.45) is 5.20. The van der Waals surface area contributed by atoms with Gasteiger partial charge in [-0.05, 0) is 19.9 Å². The minimum Gasteiger partial charge on any atom is -0.481 e. The van der Waals surface area contributed by atoms with Gasteiger partial charge in [-0.2, -0.15) is 0 Å². The van der Waals surface area contributed by atoms with Crippen molar-refractivity contribution in [2.24, 2.45) is 0 Å². The van der Waals surface area contributed by atoms with E-state index in [1.807, 2.05) is 38.1 Å². The minimum absolute atomic E-state index is 0.0783. The van der Waals surface area contributed by atoms with Gasteiger partial charge in [-0.3, -0.25) is 4.79 Å². The van der Waals surface area contributed by atoms with Gasteiger partial charge in [0.15, 0.2) is 0 Å². The summed E-state index contributed by atoms with van der Waals surface area (Å²) in [7, 11) is 1.80. The van der Waals surface area contributed by atoms with E-state index in [-0.39, 0.29) is 18.6 Å². The third-order valence-corrected chi connectivity index (χ3v) is 3.10. The Bertz CT molecular complexity index is 480. The van der Waals surface area contributed by atoms with E-state index in [1.165, 1.54) is 0 Å². The summed E-state index contributed by atoms with van der Waals surface area (Å²) in [6.45, 7) is 5.31. The summed E-state index contributed by atoms with van der Waals surface area (Å²) in [5.74, 6) is 3.28. The Hall–Kier alpha value is -1.99. The highest BCUT2D eigenvalue weighted by Crippen LogP contribution is 2.17. The Kier molecular flexibility index (Phi) is 6.61. The summed E-state index contributed by atoms with van der Waals surface area (Å²) < 4.78 is 5.48. The van der Waals surface area contributed by atoms with Gasteiger partial charge in [0.1, 0.15) is 12.4 Å². The number of hydrogen-bond acceptors (Lipinski definition) is 3. The number of benzene rings is 1. The molecule has 0 saturated heterocycles. The van der Waals surface area contributed by atoms with Crippen molar-refractivity contribution in [2.45, 2.75) is 26.4 Å². The number of nitrogens with zero attached hydrogens (tertiary/aromatic N) is 1. The average Bonchev–Trinajstić information content (AvgIpc) is 2.49. The number of para-hydroxylation sites is 1. The van der Waals surface area contributed by atoms with Crippen molar-refractivity contribution in [1.82, 2.24) is 10.2 Å². The van der Waals surface area contributed by atoms with Crippen molar-refractivity contribution in [1.29, 1.82) is 0 Å². The van der Waals surface area contributed by atoms with Crippen molar-refractivity contribution >= 4 is 5.91 Å². The molecule has 0 bridgehead atoms. The Balaban J connectivity index is 2.61.